The molecule has 1 aliphatic heterocycles. The number of imide groups is 1. The van der Waals surface area contributed by atoms with E-state index in [4.69, 9.17) is 11.1 Å². The van der Waals surface area contributed by atoms with Gasteiger partial charge in [-0.2, -0.15) is 0 Å². The Morgan fingerprint density at radius 3 is 2.89 bits per heavy atom. The predicted octanol–water partition coefficient (Wildman–Crippen LogP) is 0.485. The van der Waals surface area contributed by atoms with Gasteiger partial charge in [0.2, 0.25) is 5.91 Å². The first-order chi connectivity index (χ1) is 9.00. The van der Waals surface area contributed by atoms with Crippen LogP contribution in [0.1, 0.15) is 12.0 Å². The van der Waals surface area contributed by atoms with Crippen molar-refractivity contribution in [1.82, 2.24) is 9.88 Å². The number of amidine groups is 1. The van der Waals surface area contributed by atoms with Crippen molar-refractivity contribution in [1.29, 1.82) is 5.41 Å². The van der Waals surface area contributed by atoms with E-state index in [1.807, 2.05) is 6.92 Å². The largest absolute Gasteiger partial charge is 0.386 e. The first kappa shape index (κ1) is 13.0. The maximum Gasteiger partial charge on any atom is 0.331 e. The van der Waals surface area contributed by atoms with Crippen LogP contribution in [0.3, 0.4) is 0 Å². The third-order valence-corrected chi connectivity index (χ3v) is 2.92. The Labute approximate surface area is 110 Å². The van der Waals surface area contributed by atoms with Crippen molar-refractivity contribution in [2.45, 2.75) is 13.3 Å². The third-order valence-electron chi connectivity index (χ3n) is 2.92. The van der Waals surface area contributed by atoms with E-state index >= 15 is 0 Å². The molecule has 3 amide bonds. The molecule has 0 bridgehead atoms. The van der Waals surface area contributed by atoms with E-state index in [1.165, 1.54) is 11.1 Å². The van der Waals surface area contributed by atoms with Crippen molar-refractivity contribution >= 4 is 23.5 Å². The quantitative estimate of drug-likeness (QED) is 0.610. The van der Waals surface area contributed by atoms with E-state index in [9.17, 15) is 9.59 Å². The number of rotatable bonds is 3. The Morgan fingerprint density at radius 1 is 1.53 bits per heavy atom. The standard InChI is InChI=1S/C12H15N5O2/c1-8-2-4-15-6-9(8)17-11(18)3-5-16(12(17)19)7-10(13)14/h2,4,6H,3,5,7H2,1H3,(H3,13,14). The van der Waals surface area contributed by atoms with E-state index in [-0.39, 0.29) is 31.3 Å². The van der Waals surface area contributed by atoms with Crippen molar-refractivity contribution in [3.63, 3.8) is 0 Å². The summed E-state index contributed by atoms with van der Waals surface area (Å²) in [7, 11) is 0. The minimum atomic E-state index is -0.456. The molecule has 0 aromatic carbocycles. The van der Waals surface area contributed by atoms with E-state index in [0.29, 0.717) is 5.69 Å². The molecule has 0 spiro atoms. The second-order valence-corrected chi connectivity index (χ2v) is 4.37. The highest BCUT2D eigenvalue weighted by Crippen LogP contribution is 2.23. The van der Waals surface area contributed by atoms with Gasteiger partial charge in [0.25, 0.3) is 0 Å². The number of carbonyl (C=O) groups excluding carboxylic acids is 2. The topological polar surface area (TPSA) is 103 Å². The van der Waals surface area contributed by atoms with Gasteiger partial charge in [-0.25, -0.2) is 9.69 Å². The van der Waals surface area contributed by atoms with E-state index in [2.05, 4.69) is 4.98 Å². The number of urea groups is 1. The van der Waals surface area contributed by atoms with Gasteiger partial charge < -0.3 is 10.6 Å². The molecule has 2 rings (SSSR count). The van der Waals surface area contributed by atoms with Gasteiger partial charge in [-0.3, -0.25) is 15.2 Å². The van der Waals surface area contributed by atoms with Gasteiger partial charge in [-0.1, -0.05) is 0 Å². The van der Waals surface area contributed by atoms with Crippen molar-refractivity contribution in [2.24, 2.45) is 5.73 Å². The van der Waals surface area contributed by atoms with Crippen LogP contribution in [0.15, 0.2) is 18.5 Å². The average molecular weight is 261 g/mol. The Hall–Kier alpha value is -2.44. The molecule has 7 nitrogen and oxygen atoms in total. The maximum atomic E-state index is 12.3. The van der Waals surface area contributed by atoms with Gasteiger partial charge in [0.05, 0.1) is 18.4 Å². The number of nitrogens with two attached hydrogens (primary N) is 1. The number of nitrogens with zero attached hydrogens (tertiary/aromatic N) is 3. The smallest absolute Gasteiger partial charge is 0.331 e. The summed E-state index contributed by atoms with van der Waals surface area (Å²) >= 11 is 0. The molecule has 0 aliphatic carbocycles. The number of amides is 3. The summed E-state index contributed by atoms with van der Waals surface area (Å²) in [4.78, 5) is 30.7. The Morgan fingerprint density at radius 2 is 2.26 bits per heavy atom. The van der Waals surface area contributed by atoms with Crippen LogP contribution in [-0.2, 0) is 4.79 Å². The van der Waals surface area contributed by atoms with Crippen LogP contribution in [0.5, 0.6) is 0 Å². The van der Waals surface area contributed by atoms with Crippen LogP contribution in [0.4, 0.5) is 10.5 Å². The molecule has 1 fully saturated rings. The van der Waals surface area contributed by atoms with Gasteiger partial charge in [0.15, 0.2) is 0 Å². The molecule has 1 saturated heterocycles. The van der Waals surface area contributed by atoms with Gasteiger partial charge in [-0.05, 0) is 18.6 Å². The maximum absolute atomic E-state index is 12.3. The van der Waals surface area contributed by atoms with Gasteiger partial charge in [0.1, 0.15) is 5.84 Å². The van der Waals surface area contributed by atoms with Crippen molar-refractivity contribution in [2.75, 3.05) is 18.0 Å². The van der Waals surface area contributed by atoms with E-state index < -0.39 is 6.03 Å². The predicted molar refractivity (Wildman–Crippen MR) is 70.0 cm³/mol. The highest BCUT2D eigenvalue weighted by atomic mass is 16.2. The zero-order valence-corrected chi connectivity index (χ0v) is 10.6. The summed E-state index contributed by atoms with van der Waals surface area (Å²) < 4.78 is 0. The Balaban J connectivity index is 2.32. The molecule has 2 heterocycles. The first-order valence-electron chi connectivity index (χ1n) is 5.86. The zero-order chi connectivity index (χ0) is 14.0. The molecule has 0 saturated carbocycles. The first-order valence-corrected chi connectivity index (χ1v) is 5.86. The highest BCUT2D eigenvalue weighted by molar-refractivity contribution is 6.16. The number of nitrogens with one attached hydrogen (secondary N) is 1. The monoisotopic (exact) mass is 261 g/mol. The molecule has 0 radical (unpaired) electrons. The lowest BCUT2D eigenvalue weighted by atomic mass is 10.2. The lowest BCUT2D eigenvalue weighted by Crippen LogP contribution is -2.54. The summed E-state index contributed by atoms with van der Waals surface area (Å²) in [5, 5.41) is 7.25. The van der Waals surface area contributed by atoms with Gasteiger partial charge >= 0.3 is 6.03 Å². The zero-order valence-electron chi connectivity index (χ0n) is 10.6. The Kier molecular flexibility index (Phi) is 3.46. The molecule has 0 atom stereocenters. The highest BCUT2D eigenvalue weighted by Gasteiger charge is 2.34. The molecule has 7 heteroatoms. The minimum absolute atomic E-state index is 0.0297. The summed E-state index contributed by atoms with van der Waals surface area (Å²) in [5.41, 5.74) is 6.58. The van der Waals surface area contributed by atoms with Crippen LogP contribution in [0.2, 0.25) is 0 Å². The lowest BCUT2D eigenvalue weighted by molar-refractivity contribution is -0.119. The fraction of sp³-hybridized carbons (Fsp3) is 0.333. The van der Waals surface area contributed by atoms with Crippen LogP contribution in [0.25, 0.3) is 0 Å². The number of hydrogen-bond acceptors (Lipinski definition) is 4. The SMILES string of the molecule is Cc1ccncc1N1C(=O)CCN(CC(=N)N)C1=O. The fourth-order valence-corrected chi connectivity index (χ4v) is 1.97. The molecule has 1 aromatic rings. The molecular formula is C12H15N5O2. The molecule has 19 heavy (non-hydrogen) atoms. The molecule has 3 N–H and O–H groups in total. The van der Waals surface area contributed by atoms with Crippen LogP contribution < -0.4 is 10.6 Å². The van der Waals surface area contributed by atoms with Gasteiger partial charge in [0, 0.05) is 19.2 Å². The molecule has 100 valence electrons. The number of aryl methyl sites for hydroxylation is 1. The van der Waals surface area contributed by atoms with Crippen molar-refractivity contribution in [3.8, 4) is 0 Å². The number of carbonyl (C=O) groups is 2. The second kappa shape index (κ2) is 5.05. The number of hydrogen-bond donors (Lipinski definition) is 2. The number of aromatic nitrogens is 1. The summed E-state index contributed by atoms with van der Waals surface area (Å²) in [6, 6.07) is 1.28. The Bertz CT molecular complexity index is 543. The molecule has 0 unspecified atom stereocenters. The van der Waals surface area contributed by atoms with Crippen LogP contribution in [-0.4, -0.2) is 40.7 Å². The van der Waals surface area contributed by atoms with E-state index in [1.54, 1.807) is 12.3 Å². The second-order valence-electron chi connectivity index (χ2n) is 4.37. The van der Waals surface area contributed by atoms with Crippen molar-refractivity contribution in [3.05, 3.63) is 24.0 Å². The lowest BCUT2D eigenvalue weighted by Gasteiger charge is -2.34. The molecule has 1 aromatic heterocycles. The normalized spacial score (nSPS) is 15.8. The molecule has 1 aliphatic rings. The average Bonchev–Trinajstić information content (AvgIpc) is 2.35. The summed E-state index contributed by atoms with van der Waals surface area (Å²) in [6.45, 7) is 2.12. The third kappa shape index (κ3) is 2.54. The van der Waals surface area contributed by atoms with Gasteiger partial charge in [-0.15, -0.1) is 0 Å². The summed E-state index contributed by atoms with van der Waals surface area (Å²) in [6.07, 6.45) is 3.31. The minimum Gasteiger partial charge on any atom is -0.386 e. The number of anilines is 1. The fourth-order valence-electron chi connectivity index (χ4n) is 1.97. The molecular weight excluding hydrogens is 246 g/mol. The van der Waals surface area contributed by atoms with Crippen LogP contribution in [0, 0.1) is 12.3 Å². The summed E-state index contributed by atoms with van der Waals surface area (Å²) in [5.74, 6) is -0.369. The van der Waals surface area contributed by atoms with Crippen LogP contribution >= 0.6 is 0 Å². The van der Waals surface area contributed by atoms with Crippen molar-refractivity contribution < 1.29 is 9.59 Å². The van der Waals surface area contributed by atoms with E-state index in [0.717, 1.165) is 10.5 Å². The number of pyridine rings is 1.